The Hall–Kier alpha value is -2.22. The molecule has 10 heteroatoms. The molecule has 2 N–H and O–H groups in total. The minimum Gasteiger partial charge on any atom is -0.355 e. The van der Waals surface area contributed by atoms with E-state index in [-0.39, 0.29) is 26.5 Å². The number of alkyl halides is 3. The largest absolute Gasteiger partial charge is 0.399 e. The molecule has 0 saturated heterocycles. The third kappa shape index (κ3) is 7.13. The van der Waals surface area contributed by atoms with Gasteiger partial charge >= 0.3 is 6.18 Å². The number of allylic oxidation sites excluding steroid dienone is 1. The highest BCUT2D eigenvalue weighted by Crippen LogP contribution is 2.41. The first-order chi connectivity index (χ1) is 15.3. The highest BCUT2D eigenvalue weighted by atomic mass is 35.5. The highest BCUT2D eigenvalue weighted by molar-refractivity contribution is 6.48. The predicted molar refractivity (Wildman–Crippen MR) is 126 cm³/mol. The van der Waals surface area contributed by atoms with Crippen LogP contribution in [0.5, 0.6) is 0 Å². The molecule has 2 amide bonds. The van der Waals surface area contributed by atoms with Crippen molar-refractivity contribution < 1.29 is 22.8 Å². The summed E-state index contributed by atoms with van der Waals surface area (Å²) in [5.74, 6) is -2.74. The van der Waals surface area contributed by atoms with E-state index in [0.29, 0.717) is 23.2 Å². The minimum absolute atomic E-state index is 0.0158. The lowest BCUT2D eigenvalue weighted by molar-refractivity contribution is -0.139. The molecule has 2 atom stereocenters. The van der Waals surface area contributed by atoms with Crippen molar-refractivity contribution in [2.75, 3.05) is 6.54 Å². The van der Waals surface area contributed by atoms with Crippen LogP contribution in [0.2, 0.25) is 15.1 Å². The Morgan fingerprint density at radius 3 is 2.21 bits per heavy atom. The summed E-state index contributed by atoms with van der Waals surface area (Å²) in [6, 6.07) is 6.12. The first-order valence-electron chi connectivity index (χ1n) is 9.93. The highest BCUT2D eigenvalue weighted by Gasteiger charge is 2.39. The molecule has 0 spiro atoms. The lowest BCUT2D eigenvalue weighted by atomic mass is 9.96. The van der Waals surface area contributed by atoms with Gasteiger partial charge in [-0.2, -0.15) is 13.2 Å². The van der Waals surface area contributed by atoms with Gasteiger partial charge in [0, 0.05) is 12.1 Å². The van der Waals surface area contributed by atoms with Crippen molar-refractivity contribution in [1.82, 2.24) is 10.6 Å². The van der Waals surface area contributed by atoms with Crippen LogP contribution in [-0.4, -0.2) is 30.6 Å². The zero-order chi connectivity index (χ0) is 24.9. The fourth-order valence-electron chi connectivity index (χ4n) is 3.08. The molecule has 0 saturated carbocycles. The van der Waals surface area contributed by atoms with Gasteiger partial charge in [0.15, 0.2) is 0 Å². The Balaban J connectivity index is 2.27. The van der Waals surface area contributed by atoms with Crippen molar-refractivity contribution in [2.45, 2.75) is 38.9 Å². The van der Waals surface area contributed by atoms with E-state index in [0.717, 1.165) is 18.2 Å². The summed E-state index contributed by atoms with van der Waals surface area (Å²) in [5.41, 5.74) is 1.16. The van der Waals surface area contributed by atoms with Gasteiger partial charge in [-0.25, -0.2) is 0 Å². The summed E-state index contributed by atoms with van der Waals surface area (Å²) in [4.78, 5) is 24.3. The summed E-state index contributed by atoms with van der Waals surface area (Å²) in [6.45, 7) is 5.42. The second-order valence-electron chi connectivity index (χ2n) is 7.34. The van der Waals surface area contributed by atoms with E-state index in [1.807, 2.05) is 0 Å². The lowest BCUT2D eigenvalue weighted by Crippen LogP contribution is -2.44. The number of benzene rings is 2. The van der Waals surface area contributed by atoms with E-state index < -0.39 is 24.0 Å². The maximum atomic E-state index is 13.7. The van der Waals surface area contributed by atoms with Crippen molar-refractivity contribution in [3.63, 3.8) is 0 Å². The average molecular weight is 522 g/mol. The fourth-order valence-corrected chi connectivity index (χ4v) is 3.70. The van der Waals surface area contributed by atoms with Crippen LogP contribution in [0.25, 0.3) is 6.08 Å². The van der Waals surface area contributed by atoms with Crippen LogP contribution in [0.3, 0.4) is 0 Å². The first kappa shape index (κ1) is 27.0. The number of amides is 2. The molecule has 4 nitrogen and oxygen atoms in total. The van der Waals surface area contributed by atoms with E-state index >= 15 is 0 Å². The number of aryl methyl sites for hydroxylation is 1. The van der Waals surface area contributed by atoms with Crippen LogP contribution in [0.4, 0.5) is 13.2 Å². The van der Waals surface area contributed by atoms with Crippen LogP contribution < -0.4 is 10.6 Å². The summed E-state index contributed by atoms with van der Waals surface area (Å²) in [5, 5.41) is 5.04. The molecule has 0 fully saturated rings. The summed E-state index contributed by atoms with van der Waals surface area (Å²) < 4.78 is 41.1. The number of nitrogens with one attached hydrogen (secondary N) is 2. The predicted octanol–water partition coefficient (Wildman–Crippen LogP) is 6.57. The summed E-state index contributed by atoms with van der Waals surface area (Å²) >= 11 is 17.6. The number of likely N-dealkylation sites (N-methyl/N-ethyl adjacent to an activating group) is 1. The molecule has 0 radical (unpaired) electrons. The molecule has 0 heterocycles. The zero-order valence-corrected chi connectivity index (χ0v) is 20.3. The quantitative estimate of drug-likeness (QED) is 0.405. The van der Waals surface area contributed by atoms with Crippen molar-refractivity contribution in [3.8, 4) is 0 Å². The zero-order valence-electron chi connectivity index (χ0n) is 18.0. The second kappa shape index (κ2) is 11.3. The number of halogens is 6. The smallest absolute Gasteiger partial charge is 0.355 e. The molecule has 1 unspecified atom stereocenters. The van der Waals surface area contributed by atoms with Crippen molar-refractivity contribution in [2.24, 2.45) is 0 Å². The normalized spacial score (nSPS) is 13.6. The van der Waals surface area contributed by atoms with Gasteiger partial charge in [0.05, 0.1) is 21.0 Å². The fraction of sp³-hybridized carbons (Fsp3) is 0.304. The Kier molecular flexibility index (Phi) is 9.23. The summed E-state index contributed by atoms with van der Waals surface area (Å²) in [7, 11) is 0. The van der Waals surface area contributed by atoms with Crippen LogP contribution in [0.15, 0.2) is 36.4 Å². The van der Waals surface area contributed by atoms with Gasteiger partial charge in [-0.3, -0.25) is 9.59 Å². The van der Waals surface area contributed by atoms with Crippen LogP contribution in [0, 0.1) is 6.92 Å². The Morgan fingerprint density at radius 1 is 1.09 bits per heavy atom. The number of rotatable bonds is 7. The van der Waals surface area contributed by atoms with Gasteiger partial charge in [-0.15, -0.1) is 0 Å². The third-order valence-corrected chi connectivity index (χ3v) is 5.98. The van der Waals surface area contributed by atoms with Gasteiger partial charge in [0.25, 0.3) is 5.91 Å². The molecular weight excluding hydrogens is 500 g/mol. The third-order valence-electron chi connectivity index (χ3n) is 4.79. The molecule has 0 aromatic heterocycles. The van der Waals surface area contributed by atoms with Gasteiger partial charge in [-0.1, -0.05) is 59.1 Å². The van der Waals surface area contributed by atoms with E-state index in [1.54, 1.807) is 26.8 Å². The molecule has 33 heavy (non-hydrogen) atoms. The van der Waals surface area contributed by atoms with E-state index in [9.17, 15) is 22.8 Å². The molecule has 2 aromatic rings. The van der Waals surface area contributed by atoms with Crippen LogP contribution >= 0.6 is 34.8 Å². The molecule has 178 valence electrons. The van der Waals surface area contributed by atoms with Gasteiger partial charge in [0.1, 0.15) is 6.04 Å². The number of hydrogen-bond donors (Lipinski definition) is 2. The maximum absolute atomic E-state index is 13.7. The SMILES string of the molecule is CCNC(=O)[C@@H](C)NC(=O)c1ccc(/C=C/C(c2cc(Cl)c(Cl)c(Cl)c2)C(F)(F)F)cc1C. The molecule has 0 bridgehead atoms. The number of hydrogen-bond acceptors (Lipinski definition) is 2. The minimum atomic E-state index is -4.60. The van der Waals surface area contributed by atoms with Gasteiger partial charge in [0.2, 0.25) is 5.91 Å². The molecule has 2 rings (SSSR count). The topological polar surface area (TPSA) is 58.2 Å². The van der Waals surface area contributed by atoms with Gasteiger partial charge in [-0.05, 0) is 55.7 Å². The molecule has 0 aliphatic carbocycles. The van der Waals surface area contributed by atoms with Crippen LogP contribution in [0.1, 0.15) is 46.8 Å². The first-order valence-corrected chi connectivity index (χ1v) is 11.1. The lowest BCUT2D eigenvalue weighted by Gasteiger charge is -2.18. The Morgan fingerprint density at radius 2 is 1.70 bits per heavy atom. The number of carbonyl (C=O) groups is 2. The molecular formula is C23H22Cl3F3N2O2. The van der Waals surface area contributed by atoms with Crippen molar-refractivity contribution in [1.29, 1.82) is 0 Å². The van der Waals surface area contributed by atoms with E-state index in [2.05, 4.69) is 10.6 Å². The molecule has 0 aliphatic heterocycles. The maximum Gasteiger partial charge on any atom is 0.399 e. The van der Waals surface area contributed by atoms with Gasteiger partial charge < -0.3 is 10.6 Å². The van der Waals surface area contributed by atoms with Crippen LogP contribution in [-0.2, 0) is 4.79 Å². The van der Waals surface area contributed by atoms with E-state index in [4.69, 9.17) is 34.8 Å². The average Bonchev–Trinajstić information content (AvgIpc) is 2.71. The molecule has 0 aliphatic rings. The summed E-state index contributed by atoms with van der Waals surface area (Å²) in [6.07, 6.45) is -2.30. The van der Waals surface area contributed by atoms with Crippen molar-refractivity contribution in [3.05, 3.63) is 73.7 Å². The second-order valence-corrected chi connectivity index (χ2v) is 8.53. The monoisotopic (exact) mass is 520 g/mol. The van der Waals surface area contributed by atoms with Crippen molar-refractivity contribution >= 4 is 52.7 Å². The standard InChI is InChI=1S/C23H22Cl3F3N2O2/c1-4-30-21(32)13(3)31-22(33)16-7-5-14(9-12(16)2)6-8-17(23(27,28)29)15-10-18(24)20(26)19(25)11-15/h5-11,13,17H,4H2,1-3H3,(H,30,32)(H,31,33)/b8-6+/t13-,17?/m1/s1. The number of carbonyl (C=O) groups excluding carboxylic acids is 2. The van der Waals surface area contributed by atoms with E-state index in [1.165, 1.54) is 18.2 Å². The Bertz CT molecular complexity index is 1050. The Labute approximate surface area is 205 Å². The molecule has 2 aromatic carbocycles.